The highest BCUT2D eigenvalue weighted by Gasteiger charge is 2.39. The molecule has 1 fully saturated rings. The monoisotopic (exact) mass is 156 g/mol. The van der Waals surface area contributed by atoms with Crippen LogP contribution in [-0.4, -0.2) is 17.8 Å². The van der Waals surface area contributed by atoms with Crippen molar-refractivity contribution in [2.75, 3.05) is 6.61 Å². The molecule has 0 spiro atoms. The maximum absolute atomic E-state index is 8.65. The molecule has 2 rings (SSSR count). The molecule has 1 aliphatic rings. The van der Waals surface area contributed by atoms with Crippen molar-refractivity contribution in [2.24, 2.45) is 0 Å². The second kappa shape index (κ2) is 2.34. The van der Waals surface area contributed by atoms with Crippen LogP contribution in [0.5, 0.6) is 0 Å². The second-order valence-electron chi connectivity index (χ2n) is 2.33. The molecular formula is C7H8O2S. The van der Waals surface area contributed by atoms with Gasteiger partial charge in [0.25, 0.3) is 0 Å². The van der Waals surface area contributed by atoms with E-state index in [1.54, 1.807) is 11.3 Å². The Labute approximate surface area is 63.1 Å². The molecule has 1 aromatic rings. The lowest BCUT2D eigenvalue weighted by atomic mass is 10.2. The van der Waals surface area contributed by atoms with Crippen LogP contribution in [0.2, 0.25) is 0 Å². The predicted octanol–water partition coefficient (Wildman–Crippen LogP) is 1.18. The quantitative estimate of drug-likeness (QED) is 0.652. The van der Waals surface area contributed by atoms with E-state index in [0.717, 1.165) is 0 Å². The molecule has 0 saturated carbocycles. The van der Waals surface area contributed by atoms with Gasteiger partial charge in [0.1, 0.15) is 12.2 Å². The number of epoxide rings is 1. The van der Waals surface area contributed by atoms with Crippen LogP contribution >= 0.6 is 11.3 Å². The summed E-state index contributed by atoms with van der Waals surface area (Å²) in [5.41, 5.74) is 1.20. The summed E-state index contributed by atoms with van der Waals surface area (Å²) in [6.45, 7) is 0.139. The number of rotatable bonds is 2. The van der Waals surface area contributed by atoms with E-state index in [2.05, 4.69) is 5.38 Å². The van der Waals surface area contributed by atoms with Crippen molar-refractivity contribution in [1.82, 2.24) is 0 Å². The zero-order chi connectivity index (χ0) is 6.97. The Morgan fingerprint density at radius 1 is 1.70 bits per heavy atom. The summed E-state index contributed by atoms with van der Waals surface area (Å²) in [6.07, 6.45) is 0.242. The van der Waals surface area contributed by atoms with Gasteiger partial charge in [-0.3, -0.25) is 0 Å². The summed E-state index contributed by atoms with van der Waals surface area (Å²) in [5.74, 6) is 0. The van der Waals surface area contributed by atoms with E-state index in [1.807, 2.05) is 11.4 Å². The largest absolute Gasteiger partial charge is 0.394 e. The average Bonchev–Trinajstić information content (AvgIpc) is 2.56. The third-order valence-corrected chi connectivity index (χ3v) is 2.34. The van der Waals surface area contributed by atoms with Crippen molar-refractivity contribution >= 4 is 11.3 Å². The van der Waals surface area contributed by atoms with Crippen LogP contribution in [0.25, 0.3) is 0 Å². The lowest BCUT2D eigenvalue weighted by Crippen LogP contribution is -1.92. The van der Waals surface area contributed by atoms with E-state index in [9.17, 15) is 0 Å². The second-order valence-corrected chi connectivity index (χ2v) is 3.11. The van der Waals surface area contributed by atoms with Gasteiger partial charge >= 0.3 is 0 Å². The molecule has 0 aliphatic carbocycles. The fraction of sp³-hybridized carbons (Fsp3) is 0.429. The van der Waals surface area contributed by atoms with Gasteiger partial charge in [-0.15, -0.1) is 0 Å². The van der Waals surface area contributed by atoms with Gasteiger partial charge in [0.15, 0.2) is 0 Å². The van der Waals surface area contributed by atoms with Crippen LogP contribution in [0.15, 0.2) is 16.8 Å². The molecule has 1 aromatic heterocycles. The fourth-order valence-corrected chi connectivity index (χ4v) is 1.70. The summed E-state index contributed by atoms with van der Waals surface area (Å²) in [6, 6.07) is 2.03. The molecule has 1 saturated heterocycles. The van der Waals surface area contributed by atoms with Crippen LogP contribution in [-0.2, 0) is 4.74 Å². The fourth-order valence-electron chi connectivity index (χ4n) is 1.01. The highest BCUT2D eigenvalue weighted by atomic mass is 32.1. The summed E-state index contributed by atoms with van der Waals surface area (Å²) < 4.78 is 5.17. The standard InChI is InChI=1S/C7H8O2S/c8-3-6-7(9-6)5-1-2-10-4-5/h1-2,4,6-8H,3H2. The Morgan fingerprint density at radius 2 is 2.60 bits per heavy atom. The number of ether oxygens (including phenoxy) is 1. The Kier molecular flexibility index (Phi) is 1.48. The molecule has 1 N–H and O–H groups in total. The average molecular weight is 156 g/mol. The van der Waals surface area contributed by atoms with Gasteiger partial charge in [0.05, 0.1) is 6.61 Å². The minimum atomic E-state index is 0.0644. The van der Waals surface area contributed by atoms with Crippen molar-refractivity contribution in [3.63, 3.8) is 0 Å². The molecule has 10 heavy (non-hydrogen) atoms. The molecule has 3 heteroatoms. The first-order chi connectivity index (χ1) is 4.92. The maximum Gasteiger partial charge on any atom is 0.112 e. The van der Waals surface area contributed by atoms with E-state index in [4.69, 9.17) is 9.84 Å². The zero-order valence-electron chi connectivity index (χ0n) is 5.36. The van der Waals surface area contributed by atoms with E-state index < -0.39 is 0 Å². The summed E-state index contributed by atoms with van der Waals surface area (Å²) in [5, 5.41) is 12.7. The van der Waals surface area contributed by atoms with Crippen molar-refractivity contribution in [1.29, 1.82) is 0 Å². The molecule has 2 heterocycles. The molecule has 0 aromatic carbocycles. The van der Waals surface area contributed by atoms with Gasteiger partial charge in [0, 0.05) is 0 Å². The smallest absolute Gasteiger partial charge is 0.112 e. The Morgan fingerprint density at radius 3 is 3.10 bits per heavy atom. The van der Waals surface area contributed by atoms with Gasteiger partial charge < -0.3 is 9.84 Å². The lowest BCUT2D eigenvalue weighted by molar-refractivity contribution is 0.242. The predicted molar refractivity (Wildman–Crippen MR) is 39.0 cm³/mol. The number of aliphatic hydroxyl groups is 1. The Balaban J connectivity index is 2.05. The van der Waals surface area contributed by atoms with E-state index in [1.165, 1.54) is 5.56 Å². The minimum Gasteiger partial charge on any atom is -0.394 e. The molecule has 2 atom stereocenters. The number of hydrogen-bond donors (Lipinski definition) is 1. The Bertz CT molecular complexity index is 207. The summed E-state index contributed by atoms with van der Waals surface area (Å²) >= 11 is 1.66. The van der Waals surface area contributed by atoms with Gasteiger partial charge in [0.2, 0.25) is 0 Å². The van der Waals surface area contributed by atoms with Crippen LogP contribution in [0.4, 0.5) is 0 Å². The minimum absolute atomic E-state index is 0.0644. The Hall–Kier alpha value is -0.380. The third kappa shape index (κ3) is 0.963. The topological polar surface area (TPSA) is 32.8 Å². The molecule has 0 radical (unpaired) electrons. The van der Waals surface area contributed by atoms with Crippen molar-refractivity contribution in [3.05, 3.63) is 22.4 Å². The van der Waals surface area contributed by atoms with Crippen LogP contribution < -0.4 is 0 Å². The van der Waals surface area contributed by atoms with Crippen LogP contribution in [0.3, 0.4) is 0 Å². The van der Waals surface area contributed by atoms with Crippen LogP contribution in [0, 0.1) is 0 Å². The highest BCUT2D eigenvalue weighted by molar-refractivity contribution is 7.07. The van der Waals surface area contributed by atoms with E-state index >= 15 is 0 Å². The number of thiophene rings is 1. The molecule has 1 aliphatic heterocycles. The summed E-state index contributed by atoms with van der Waals surface area (Å²) in [7, 11) is 0. The highest BCUT2D eigenvalue weighted by Crippen LogP contribution is 2.38. The third-order valence-electron chi connectivity index (χ3n) is 1.63. The molecular weight excluding hydrogens is 148 g/mol. The SMILES string of the molecule is OCC1OC1c1ccsc1. The first-order valence-corrected chi connectivity index (χ1v) is 4.14. The molecule has 0 amide bonds. The van der Waals surface area contributed by atoms with Gasteiger partial charge in [-0.25, -0.2) is 0 Å². The molecule has 2 nitrogen and oxygen atoms in total. The first-order valence-electron chi connectivity index (χ1n) is 3.20. The van der Waals surface area contributed by atoms with E-state index in [0.29, 0.717) is 0 Å². The van der Waals surface area contributed by atoms with Gasteiger partial charge in [-0.1, -0.05) is 0 Å². The maximum atomic E-state index is 8.65. The first kappa shape index (κ1) is 6.34. The van der Waals surface area contributed by atoms with Gasteiger partial charge in [-0.05, 0) is 22.4 Å². The van der Waals surface area contributed by atoms with Crippen molar-refractivity contribution in [3.8, 4) is 0 Å². The zero-order valence-corrected chi connectivity index (χ0v) is 6.17. The van der Waals surface area contributed by atoms with Crippen LogP contribution in [0.1, 0.15) is 11.7 Å². The normalized spacial score (nSPS) is 30.5. The molecule has 2 unspecified atom stereocenters. The molecule has 54 valence electrons. The summed E-state index contributed by atoms with van der Waals surface area (Å²) in [4.78, 5) is 0. The molecule has 0 bridgehead atoms. The van der Waals surface area contributed by atoms with E-state index in [-0.39, 0.29) is 18.8 Å². The number of aliphatic hydroxyl groups excluding tert-OH is 1. The van der Waals surface area contributed by atoms with Crippen molar-refractivity contribution in [2.45, 2.75) is 12.2 Å². The number of hydrogen-bond acceptors (Lipinski definition) is 3. The lowest BCUT2D eigenvalue weighted by Gasteiger charge is -1.83. The van der Waals surface area contributed by atoms with Gasteiger partial charge in [-0.2, -0.15) is 11.3 Å². The van der Waals surface area contributed by atoms with Crippen molar-refractivity contribution < 1.29 is 9.84 Å².